The normalized spacial score (nSPS) is 13.6. The van der Waals surface area contributed by atoms with Crippen molar-refractivity contribution < 1.29 is 24.0 Å². The van der Waals surface area contributed by atoms with Gasteiger partial charge in [0.2, 0.25) is 5.91 Å². The molecule has 0 aromatic heterocycles. The summed E-state index contributed by atoms with van der Waals surface area (Å²) >= 11 is 0. The van der Waals surface area contributed by atoms with Gasteiger partial charge in [0.05, 0.1) is 13.0 Å². The van der Waals surface area contributed by atoms with Gasteiger partial charge in [0.1, 0.15) is 17.0 Å². The lowest BCUT2D eigenvalue weighted by Crippen LogP contribution is -2.59. The van der Waals surface area contributed by atoms with E-state index in [2.05, 4.69) is 10.8 Å². The zero-order valence-electron chi connectivity index (χ0n) is 23.4. The Bertz CT molecular complexity index is 1530. The summed E-state index contributed by atoms with van der Waals surface area (Å²) in [4.78, 5) is 48.1. The fourth-order valence-corrected chi connectivity index (χ4v) is 5.20. The third-order valence-electron chi connectivity index (χ3n) is 7.24. The maximum Gasteiger partial charge on any atom is 0.255 e. The fraction of sp³-hybridized carbons (Fsp3) is 0.206. The summed E-state index contributed by atoms with van der Waals surface area (Å²) in [5.74, 6) is 0.0899. The van der Waals surface area contributed by atoms with Gasteiger partial charge in [-0.2, -0.15) is 0 Å². The molecule has 8 nitrogen and oxygen atoms in total. The molecule has 0 spiro atoms. The molecule has 1 aliphatic rings. The number of ether oxygens (including phenoxy) is 1. The van der Waals surface area contributed by atoms with Crippen LogP contribution in [0, 0.1) is 0 Å². The maximum atomic E-state index is 14.2. The summed E-state index contributed by atoms with van der Waals surface area (Å²) in [5, 5.41) is 2.96. The number of hydrogen-bond acceptors (Lipinski definition) is 5. The third-order valence-corrected chi connectivity index (χ3v) is 7.24. The van der Waals surface area contributed by atoms with Crippen LogP contribution in [0.3, 0.4) is 0 Å². The number of anilines is 1. The number of nitrogens with zero attached hydrogens (tertiary/aromatic N) is 1. The summed E-state index contributed by atoms with van der Waals surface area (Å²) < 4.78 is 5.87. The number of benzene rings is 4. The molecule has 1 aliphatic heterocycles. The Morgan fingerprint density at radius 2 is 1.48 bits per heavy atom. The second kappa shape index (κ2) is 13.1. The molecule has 5 rings (SSSR count). The lowest BCUT2D eigenvalue weighted by Gasteiger charge is -2.40. The fourth-order valence-electron chi connectivity index (χ4n) is 5.20. The summed E-state index contributed by atoms with van der Waals surface area (Å²) in [6.07, 6.45) is 0.575. The Hall–Kier alpha value is -4.95. The minimum absolute atomic E-state index is 0.172. The van der Waals surface area contributed by atoms with Gasteiger partial charge in [0, 0.05) is 17.8 Å². The first-order valence-corrected chi connectivity index (χ1v) is 14.0. The van der Waals surface area contributed by atoms with Crippen molar-refractivity contribution >= 4 is 23.4 Å². The standard InChI is InChI=1S/C34H33N3O5/c1-2-21-34(37-23-26-13-9-10-16-30(26)32(37)39,22-31(38)36-41-24-25-11-5-3-6-12-25)33(40)35-27-17-19-29(20-18-27)42-28-14-7-4-8-15-28/h3-20H,2,21-24H2,1H3,(H,35,40)(H,36,38). The zero-order valence-corrected chi connectivity index (χ0v) is 23.4. The Kier molecular flexibility index (Phi) is 8.94. The zero-order chi connectivity index (χ0) is 29.4. The topological polar surface area (TPSA) is 97.0 Å². The molecule has 42 heavy (non-hydrogen) atoms. The summed E-state index contributed by atoms with van der Waals surface area (Å²) in [6, 6.07) is 33.1. The Balaban J connectivity index is 1.36. The van der Waals surface area contributed by atoms with Crippen LogP contribution in [-0.4, -0.2) is 28.2 Å². The number of rotatable bonds is 12. The SMILES string of the molecule is CCCC(CC(=O)NOCc1ccccc1)(C(=O)Nc1ccc(Oc2ccccc2)cc1)N1Cc2ccccc2C1=O. The first-order chi connectivity index (χ1) is 20.5. The molecule has 0 fully saturated rings. The number of para-hydroxylation sites is 1. The number of nitrogens with one attached hydrogen (secondary N) is 2. The smallest absolute Gasteiger partial charge is 0.255 e. The number of fused-ring (bicyclic) bond motifs is 1. The van der Waals surface area contributed by atoms with Crippen molar-refractivity contribution in [2.75, 3.05) is 5.32 Å². The third kappa shape index (κ3) is 6.50. The molecule has 1 unspecified atom stereocenters. The number of amides is 3. The molecule has 8 heteroatoms. The number of carbonyl (C=O) groups excluding carboxylic acids is 3. The highest BCUT2D eigenvalue weighted by atomic mass is 16.6. The molecule has 1 heterocycles. The van der Waals surface area contributed by atoms with Crippen molar-refractivity contribution in [1.82, 2.24) is 10.4 Å². The first kappa shape index (κ1) is 28.6. The van der Waals surface area contributed by atoms with Gasteiger partial charge in [0.15, 0.2) is 0 Å². The first-order valence-electron chi connectivity index (χ1n) is 14.0. The molecular weight excluding hydrogens is 530 g/mol. The van der Waals surface area contributed by atoms with Crippen molar-refractivity contribution in [3.63, 3.8) is 0 Å². The van der Waals surface area contributed by atoms with Crippen LogP contribution < -0.4 is 15.5 Å². The van der Waals surface area contributed by atoms with Crippen molar-refractivity contribution in [1.29, 1.82) is 0 Å². The van der Waals surface area contributed by atoms with E-state index in [-0.39, 0.29) is 31.9 Å². The molecule has 4 aromatic carbocycles. The monoisotopic (exact) mass is 563 g/mol. The minimum atomic E-state index is -1.45. The largest absolute Gasteiger partial charge is 0.457 e. The van der Waals surface area contributed by atoms with Gasteiger partial charge in [-0.05, 0) is 60.0 Å². The van der Waals surface area contributed by atoms with Gasteiger partial charge in [-0.15, -0.1) is 0 Å². The molecule has 2 N–H and O–H groups in total. The van der Waals surface area contributed by atoms with Crippen LogP contribution in [0.15, 0.2) is 109 Å². The molecule has 0 bridgehead atoms. The van der Waals surface area contributed by atoms with Gasteiger partial charge < -0.3 is 15.0 Å². The Labute approximate surface area is 245 Å². The van der Waals surface area contributed by atoms with Crippen LogP contribution in [0.5, 0.6) is 11.5 Å². The molecule has 3 amide bonds. The summed E-state index contributed by atoms with van der Waals surface area (Å²) in [7, 11) is 0. The van der Waals surface area contributed by atoms with Gasteiger partial charge in [0.25, 0.3) is 11.8 Å². The highest BCUT2D eigenvalue weighted by Crippen LogP contribution is 2.36. The van der Waals surface area contributed by atoms with E-state index in [0.29, 0.717) is 29.2 Å². The predicted octanol–water partition coefficient (Wildman–Crippen LogP) is 6.25. The quantitative estimate of drug-likeness (QED) is 0.199. The van der Waals surface area contributed by atoms with E-state index in [0.717, 1.165) is 11.1 Å². The molecule has 0 aliphatic carbocycles. The maximum absolute atomic E-state index is 14.2. The predicted molar refractivity (Wildman–Crippen MR) is 160 cm³/mol. The molecule has 1 atom stereocenters. The average Bonchev–Trinajstić information content (AvgIpc) is 3.35. The molecule has 0 saturated heterocycles. The summed E-state index contributed by atoms with van der Waals surface area (Å²) in [5.41, 5.74) is 3.79. The van der Waals surface area contributed by atoms with Crippen LogP contribution in [0.2, 0.25) is 0 Å². The van der Waals surface area contributed by atoms with Crippen molar-refractivity contribution in [2.45, 2.75) is 44.9 Å². The minimum Gasteiger partial charge on any atom is -0.457 e. The van der Waals surface area contributed by atoms with E-state index in [4.69, 9.17) is 9.57 Å². The van der Waals surface area contributed by atoms with Crippen LogP contribution in [0.25, 0.3) is 0 Å². The Morgan fingerprint density at radius 3 is 2.17 bits per heavy atom. The Morgan fingerprint density at radius 1 is 0.833 bits per heavy atom. The van der Waals surface area contributed by atoms with Crippen LogP contribution in [-0.2, 0) is 27.6 Å². The van der Waals surface area contributed by atoms with Gasteiger partial charge >= 0.3 is 0 Å². The number of carbonyl (C=O) groups is 3. The van der Waals surface area contributed by atoms with Crippen molar-refractivity contribution in [3.05, 3.63) is 126 Å². The van der Waals surface area contributed by atoms with E-state index in [1.54, 1.807) is 36.4 Å². The number of hydroxylamine groups is 1. The van der Waals surface area contributed by atoms with Gasteiger partial charge in [-0.25, -0.2) is 5.48 Å². The van der Waals surface area contributed by atoms with E-state index in [1.165, 1.54) is 4.90 Å². The second-order valence-electron chi connectivity index (χ2n) is 10.2. The molecule has 4 aromatic rings. The highest BCUT2D eigenvalue weighted by molar-refractivity contribution is 6.07. The van der Waals surface area contributed by atoms with E-state index < -0.39 is 17.4 Å². The lowest BCUT2D eigenvalue weighted by atomic mass is 9.86. The van der Waals surface area contributed by atoms with Crippen LogP contribution in [0.4, 0.5) is 5.69 Å². The molecular formula is C34H33N3O5. The van der Waals surface area contributed by atoms with Crippen LogP contribution in [0.1, 0.15) is 47.7 Å². The number of hydrogen-bond donors (Lipinski definition) is 2. The van der Waals surface area contributed by atoms with Crippen molar-refractivity contribution in [2.24, 2.45) is 0 Å². The lowest BCUT2D eigenvalue weighted by molar-refractivity contribution is -0.142. The second-order valence-corrected chi connectivity index (χ2v) is 10.2. The van der Waals surface area contributed by atoms with E-state index in [9.17, 15) is 14.4 Å². The molecule has 0 radical (unpaired) electrons. The molecule has 0 saturated carbocycles. The van der Waals surface area contributed by atoms with Crippen LogP contribution >= 0.6 is 0 Å². The van der Waals surface area contributed by atoms with E-state index in [1.807, 2.05) is 79.7 Å². The van der Waals surface area contributed by atoms with Crippen molar-refractivity contribution in [3.8, 4) is 11.5 Å². The van der Waals surface area contributed by atoms with Gasteiger partial charge in [-0.3, -0.25) is 19.2 Å². The highest BCUT2D eigenvalue weighted by Gasteiger charge is 2.50. The summed E-state index contributed by atoms with van der Waals surface area (Å²) in [6.45, 7) is 2.32. The average molecular weight is 564 g/mol. The van der Waals surface area contributed by atoms with E-state index >= 15 is 0 Å². The molecule has 214 valence electrons. The van der Waals surface area contributed by atoms with Gasteiger partial charge in [-0.1, -0.05) is 80.1 Å².